The summed E-state index contributed by atoms with van der Waals surface area (Å²) < 4.78 is 1.51. The highest BCUT2D eigenvalue weighted by molar-refractivity contribution is 7.15. The fraction of sp³-hybridized carbons (Fsp3) is 0.545. The van der Waals surface area contributed by atoms with Crippen LogP contribution in [0.25, 0.3) is 4.96 Å². The van der Waals surface area contributed by atoms with Gasteiger partial charge in [0.05, 0.1) is 0 Å². The summed E-state index contributed by atoms with van der Waals surface area (Å²) in [4.78, 5) is 15.6. The highest BCUT2D eigenvalue weighted by Crippen LogP contribution is 2.28. The maximum Gasteiger partial charge on any atom is 0.372 e. The average molecular weight is 268 g/mol. The molecule has 0 aliphatic rings. The minimum Gasteiger partial charge on any atom is -0.363 e. The van der Waals surface area contributed by atoms with Gasteiger partial charge in [0, 0.05) is 11.9 Å². The first-order valence-electron chi connectivity index (χ1n) is 6.01. The molecular weight excluding hydrogens is 252 g/mol. The largest absolute Gasteiger partial charge is 0.372 e. The Hall–Kier alpha value is -1.63. The van der Waals surface area contributed by atoms with E-state index in [1.54, 1.807) is 11.6 Å². The number of imidazole rings is 1. The summed E-state index contributed by atoms with van der Waals surface area (Å²) in [6.07, 6.45) is 3.78. The SMILES string of the molecule is CCC(CC)CNc1nc2sccn2c1[N+](=O)[O-]. The van der Waals surface area contributed by atoms with E-state index < -0.39 is 0 Å². The van der Waals surface area contributed by atoms with Crippen molar-refractivity contribution in [3.8, 4) is 0 Å². The van der Waals surface area contributed by atoms with Crippen LogP contribution in [-0.4, -0.2) is 20.9 Å². The van der Waals surface area contributed by atoms with Crippen molar-refractivity contribution in [2.45, 2.75) is 26.7 Å². The van der Waals surface area contributed by atoms with Gasteiger partial charge in [-0.15, -0.1) is 0 Å². The second-order valence-corrected chi connectivity index (χ2v) is 5.03. The molecule has 0 aromatic carbocycles. The van der Waals surface area contributed by atoms with Gasteiger partial charge in [-0.25, -0.2) is 0 Å². The number of anilines is 1. The molecule has 18 heavy (non-hydrogen) atoms. The Morgan fingerprint density at radius 3 is 2.89 bits per heavy atom. The number of fused-ring (bicyclic) bond motifs is 1. The maximum atomic E-state index is 11.1. The molecule has 7 heteroatoms. The molecule has 6 nitrogen and oxygen atoms in total. The molecular formula is C11H16N4O2S. The molecule has 0 spiro atoms. The first kappa shape index (κ1) is 12.8. The van der Waals surface area contributed by atoms with Crippen molar-refractivity contribution in [2.75, 3.05) is 11.9 Å². The zero-order valence-corrected chi connectivity index (χ0v) is 11.2. The maximum absolute atomic E-state index is 11.1. The van der Waals surface area contributed by atoms with Crippen LogP contribution in [0.4, 0.5) is 11.6 Å². The lowest BCUT2D eigenvalue weighted by atomic mass is 10.0. The zero-order valence-electron chi connectivity index (χ0n) is 10.4. The highest BCUT2D eigenvalue weighted by atomic mass is 32.1. The topological polar surface area (TPSA) is 72.5 Å². The number of hydrogen-bond donors (Lipinski definition) is 1. The van der Waals surface area contributed by atoms with Gasteiger partial charge in [-0.05, 0) is 10.8 Å². The number of nitrogens with zero attached hydrogens (tertiary/aromatic N) is 3. The van der Waals surface area contributed by atoms with E-state index in [2.05, 4.69) is 24.1 Å². The Kier molecular flexibility index (Phi) is 3.81. The molecule has 2 rings (SSSR count). The van der Waals surface area contributed by atoms with Crippen LogP contribution in [0.3, 0.4) is 0 Å². The van der Waals surface area contributed by atoms with Gasteiger partial charge in [0.15, 0.2) is 0 Å². The molecule has 0 atom stereocenters. The van der Waals surface area contributed by atoms with Gasteiger partial charge in [0.2, 0.25) is 5.82 Å². The molecule has 2 aromatic rings. The van der Waals surface area contributed by atoms with E-state index in [1.165, 1.54) is 15.7 Å². The summed E-state index contributed by atoms with van der Waals surface area (Å²) >= 11 is 1.39. The quantitative estimate of drug-likeness (QED) is 0.645. The van der Waals surface area contributed by atoms with E-state index in [1.807, 2.05) is 0 Å². The van der Waals surface area contributed by atoms with Gasteiger partial charge >= 0.3 is 5.82 Å². The van der Waals surface area contributed by atoms with Crippen LogP contribution in [0, 0.1) is 16.0 Å². The predicted molar refractivity (Wildman–Crippen MR) is 72.3 cm³/mol. The van der Waals surface area contributed by atoms with Crippen LogP contribution >= 0.6 is 11.3 Å². The molecule has 2 aromatic heterocycles. The third-order valence-electron chi connectivity index (χ3n) is 3.12. The van der Waals surface area contributed by atoms with Crippen molar-refractivity contribution >= 4 is 27.9 Å². The molecule has 0 unspecified atom stereocenters. The third kappa shape index (κ3) is 2.31. The van der Waals surface area contributed by atoms with Crippen molar-refractivity contribution in [3.05, 3.63) is 21.7 Å². The highest BCUT2D eigenvalue weighted by Gasteiger charge is 2.23. The Bertz CT molecular complexity index is 544. The summed E-state index contributed by atoms with van der Waals surface area (Å²) in [5.41, 5.74) is 0. The lowest BCUT2D eigenvalue weighted by Gasteiger charge is -2.12. The Morgan fingerprint density at radius 2 is 2.28 bits per heavy atom. The van der Waals surface area contributed by atoms with Gasteiger partial charge in [-0.2, -0.15) is 9.38 Å². The van der Waals surface area contributed by atoms with Gasteiger partial charge in [-0.1, -0.05) is 38.0 Å². The number of rotatable bonds is 6. The number of hydrogen-bond acceptors (Lipinski definition) is 5. The van der Waals surface area contributed by atoms with Crippen molar-refractivity contribution in [3.63, 3.8) is 0 Å². The second kappa shape index (κ2) is 5.34. The van der Waals surface area contributed by atoms with E-state index in [0.29, 0.717) is 16.7 Å². The van der Waals surface area contributed by atoms with E-state index in [9.17, 15) is 10.1 Å². The molecule has 0 fully saturated rings. The predicted octanol–water partition coefficient (Wildman–Crippen LogP) is 3.15. The van der Waals surface area contributed by atoms with Gasteiger partial charge in [0.25, 0.3) is 4.96 Å². The third-order valence-corrected chi connectivity index (χ3v) is 3.88. The average Bonchev–Trinajstić information content (AvgIpc) is 2.89. The lowest BCUT2D eigenvalue weighted by molar-refractivity contribution is -0.389. The smallest absolute Gasteiger partial charge is 0.363 e. The Morgan fingerprint density at radius 1 is 1.56 bits per heavy atom. The van der Waals surface area contributed by atoms with Gasteiger partial charge in [-0.3, -0.25) is 0 Å². The van der Waals surface area contributed by atoms with Crippen molar-refractivity contribution in [2.24, 2.45) is 5.92 Å². The molecule has 2 heterocycles. The van der Waals surface area contributed by atoms with Crippen LogP contribution in [-0.2, 0) is 0 Å². The first-order valence-corrected chi connectivity index (χ1v) is 6.89. The Labute approximate surface area is 109 Å². The molecule has 0 saturated carbocycles. The Balaban J connectivity index is 2.24. The van der Waals surface area contributed by atoms with Crippen LogP contribution in [0.1, 0.15) is 26.7 Å². The van der Waals surface area contributed by atoms with Gasteiger partial charge in [0.1, 0.15) is 6.20 Å². The van der Waals surface area contributed by atoms with E-state index in [-0.39, 0.29) is 10.7 Å². The molecule has 1 N–H and O–H groups in total. The number of aromatic nitrogens is 2. The molecule has 0 amide bonds. The standard InChI is InChI=1S/C11H16N4O2S/c1-3-8(4-2)7-12-9-10(15(16)17)14-5-6-18-11(14)13-9/h5-6,8,12H,3-4,7H2,1-2H3. The van der Waals surface area contributed by atoms with Crippen LogP contribution in [0.2, 0.25) is 0 Å². The van der Waals surface area contributed by atoms with Crippen LogP contribution < -0.4 is 5.32 Å². The summed E-state index contributed by atoms with van der Waals surface area (Å²) in [6, 6.07) is 0. The molecule has 0 aliphatic heterocycles. The minimum absolute atomic E-state index is 0.0252. The first-order chi connectivity index (χ1) is 8.67. The molecule has 0 radical (unpaired) electrons. The summed E-state index contributed by atoms with van der Waals surface area (Å²) in [5.74, 6) is 0.917. The normalized spacial score (nSPS) is 11.3. The van der Waals surface area contributed by atoms with Gasteiger partial charge < -0.3 is 15.4 Å². The molecule has 0 aliphatic carbocycles. The second-order valence-electron chi connectivity index (χ2n) is 4.16. The summed E-state index contributed by atoms with van der Waals surface area (Å²) in [6.45, 7) is 4.96. The number of thiazole rings is 1. The van der Waals surface area contributed by atoms with E-state index >= 15 is 0 Å². The van der Waals surface area contributed by atoms with Crippen LogP contribution in [0.15, 0.2) is 11.6 Å². The zero-order chi connectivity index (χ0) is 13.1. The fourth-order valence-corrected chi connectivity index (χ4v) is 2.59. The molecule has 0 saturated heterocycles. The lowest BCUT2D eigenvalue weighted by Crippen LogP contribution is -2.13. The van der Waals surface area contributed by atoms with E-state index in [0.717, 1.165) is 19.4 Å². The monoisotopic (exact) mass is 268 g/mol. The molecule has 0 bridgehead atoms. The van der Waals surface area contributed by atoms with Crippen molar-refractivity contribution in [1.82, 2.24) is 9.38 Å². The van der Waals surface area contributed by atoms with Crippen molar-refractivity contribution in [1.29, 1.82) is 0 Å². The number of nitrogens with one attached hydrogen (secondary N) is 1. The number of nitro groups is 1. The minimum atomic E-state index is -0.387. The fourth-order valence-electron chi connectivity index (χ4n) is 1.89. The van der Waals surface area contributed by atoms with Crippen LogP contribution in [0.5, 0.6) is 0 Å². The molecule has 98 valence electrons. The summed E-state index contributed by atoms with van der Waals surface area (Å²) in [7, 11) is 0. The van der Waals surface area contributed by atoms with E-state index in [4.69, 9.17) is 0 Å². The summed E-state index contributed by atoms with van der Waals surface area (Å²) in [5, 5.41) is 16.0. The van der Waals surface area contributed by atoms with Crippen molar-refractivity contribution < 1.29 is 4.92 Å².